The molecule has 17 heavy (non-hydrogen) atoms. The molecule has 0 N–H and O–H groups in total. The maximum Gasteiger partial charge on any atom is 0.232 e. The number of hydrogen-bond acceptors (Lipinski definition) is 2. The fourth-order valence-electron chi connectivity index (χ4n) is 1.19. The van der Waals surface area contributed by atoms with Gasteiger partial charge < -0.3 is 0 Å². The second kappa shape index (κ2) is 7.12. The Hall–Kier alpha value is -2.22. The van der Waals surface area contributed by atoms with Gasteiger partial charge in [0.15, 0.2) is 0 Å². The lowest BCUT2D eigenvalue weighted by atomic mass is 10.1. The third-order valence-corrected chi connectivity index (χ3v) is 2.03. The number of ketones is 2. The normalized spacial score (nSPS) is 11.6. The highest BCUT2D eigenvalue weighted by atomic mass is 16.2. The monoisotopic (exact) mass is 226 g/mol. The van der Waals surface area contributed by atoms with E-state index in [4.69, 9.17) is 0 Å². The quantitative estimate of drug-likeness (QED) is 0.334. The summed E-state index contributed by atoms with van der Waals surface area (Å²) in [4.78, 5) is 23.1. The average Bonchev–Trinajstić information content (AvgIpc) is 2.38. The molecule has 0 heterocycles. The van der Waals surface area contributed by atoms with Crippen molar-refractivity contribution in [1.29, 1.82) is 0 Å². The van der Waals surface area contributed by atoms with Crippen LogP contribution < -0.4 is 0 Å². The van der Waals surface area contributed by atoms with Gasteiger partial charge in [0.2, 0.25) is 11.6 Å². The molecule has 2 heteroatoms. The molecule has 0 atom stereocenters. The van der Waals surface area contributed by atoms with E-state index in [1.54, 1.807) is 48.6 Å². The molecule has 0 aliphatic rings. The molecule has 0 radical (unpaired) electrons. The standard InChI is InChI=1S/C15H14O2/c1-2-3-4-5-9-12-14(16)15(17)13-10-7-6-8-11-13/h2-12H,1H3/b3-2-,5-4-,12-9+. The molecule has 0 amide bonds. The maximum atomic E-state index is 11.6. The van der Waals surface area contributed by atoms with Crippen LogP contribution in [0.25, 0.3) is 0 Å². The van der Waals surface area contributed by atoms with Gasteiger partial charge in [-0.1, -0.05) is 60.7 Å². The Morgan fingerprint density at radius 1 is 0.941 bits per heavy atom. The molecule has 0 aliphatic heterocycles. The Morgan fingerprint density at radius 2 is 1.59 bits per heavy atom. The van der Waals surface area contributed by atoms with Crippen molar-refractivity contribution < 1.29 is 9.59 Å². The number of carbonyl (C=O) groups excluding carboxylic acids is 2. The number of allylic oxidation sites excluding steroid dienone is 6. The Bertz CT molecular complexity index is 465. The van der Waals surface area contributed by atoms with E-state index < -0.39 is 11.6 Å². The molecule has 0 fully saturated rings. The average molecular weight is 226 g/mol. The smallest absolute Gasteiger partial charge is 0.232 e. The first kappa shape index (κ1) is 12.8. The van der Waals surface area contributed by atoms with Crippen molar-refractivity contribution in [2.75, 3.05) is 0 Å². The minimum Gasteiger partial charge on any atom is -0.286 e. The van der Waals surface area contributed by atoms with Gasteiger partial charge in [0.05, 0.1) is 0 Å². The highest BCUT2D eigenvalue weighted by molar-refractivity contribution is 6.47. The van der Waals surface area contributed by atoms with Crippen LogP contribution in [0.15, 0.2) is 66.8 Å². The van der Waals surface area contributed by atoms with Crippen LogP contribution in [0, 0.1) is 0 Å². The van der Waals surface area contributed by atoms with Gasteiger partial charge in [-0.25, -0.2) is 0 Å². The molecule has 0 aliphatic carbocycles. The van der Waals surface area contributed by atoms with E-state index in [-0.39, 0.29) is 0 Å². The highest BCUT2D eigenvalue weighted by Crippen LogP contribution is 2.01. The van der Waals surface area contributed by atoms with Gasteiger partial charge in [0, 0.05) is 5.56 Å². The number of benzene rings is 1. The van der Waals surface area contributed by atoms with E-state index in [0.717, 1.165) is 0 Å². The van der Waals surface area contributed by atoms with E-state index in [2.05, 4.69) is 0 Å². The zero-order chi connectivity index (χ0) is 12.5. The van der Waals surface area contributed by atoms with Gasteiger partial charge >= 0.3 is 0 Å². The van der Waals surface area contributed by atoms with Crippen molar-refractivity contribution in [2.24, 2.45) is 0 Å². The minimum atomic E-state index is -0.513. The molecular formula is C15H14O2. The van der Waals surface area contributed by atoms with Crippen molar-refractivity contribution in [2.45, 2.75) is 6.92 Å². The number of rotatable bonds is 5. The zero-order valence-corrected chi connectivity index (χ0v) is 9.67. The van der Waals surface area contributed by atoms with E-state index in [9.17, 15) is 9.59 Å². The summed E-state index contributed by atoms with van der Waals surface area (Å²) in [6.07, 6.45) is 10.0. The summed E-state index contributed by atoms with van der Waals surface area (Å²) in [6.45, 7) is 1.90. The van der Waals surface area contributed by atoms with Gasteiger partial charge in [0.1, 0.15) is 0 Å². The first-order valence-electron chi connectivity index (χ1n) is 5.35. The second-order valence-electron chi connectivity index (χ2n) is 3.33. The zero-order valence-electron chi connectivity index (χ0n) is 9.67. The third-order valence-electron chi connectivity index (χ3n) is 2.03. The van der Waals surface area contributed by atoms with Crippen LogP contribution in [0.5, 0.6) is 0 Å². The Labute approximate surface area is 101 Å². The summed E-state index contributed by atoms with van der Waals surface area (Å²) in [5.74, 6) is -0.998. The molecule has 0 saturated carbocycles. The van der Waals surface area contributed by atoms with Crippen molar-refractivity contribution in [3.05, 3.63) is 72.4 Å². The lowest BCUT2D eigenvalue weighted by Crippen LogP contribution is -2.10. The van der Waals surface area contributed by atoms with Gasteiger partial charge in [-0.3, -0.25) is 9.59 Å². The fourth-order valence-corrected chi connectivity index (χ4v) is 1.19. The molecule has 86 valence electrons. The first-order valence-corrected chi connectivity index (χ1v) is 5.35. The van der Waals surface area contributed by atoms with Crippen LogP contribution in [0.3, 0.4) is 0 Å². The van der Waals surface area contributed by atoms with Crippen molar-refractivity contribution >= 4 is 11.6 Å². The van der Waals surface area contributed by atoms with E-state index in [1.165, 1.54) is 6.08 Å². The van der Waals surface area contributed by atoms with E-state index in [0.29, 0.717) is 5.56 Å². The first-order chi connectivity index (χ1) is 8.25. The van der Waals surface area contributed by atoms with Crippen LogP contribution in [0.1, 0.15) is 17.3 Å². The lowest BCUT2D eigenvalue weighted by molar-refractivity contribution is -0.110. The summed E-state index contributed by atoms with van der Waals surface area (Å²) in [6, 6.07) is 8.52. The van der Waals surface area contributed by atoms with Gasteiger partial charge in [0.25, 0.3) is 0 Å². The molecule has 0 unspecified atom stereocenters. The molecule has 2 nitrogen and oxygen atoms in total. The number of carbonyl (C=O) groups is 2. The largest absolute Gasteiger partial charge is 0.286 e. The van der Waals surface area contributed by atoms with Crippen LogP contribution >= 0.6 is 0 Å². The minimum absolute atomic E-state index is 0.416. The van der Waals surface area contributed by atoms with E-state index in [1.807, 2.05) is 19.1 Å². The summed E-state index contributed by atoms with van der Waals surface area (Å²) in [7, 11) is 0. The summed E-state index contributed by atoms with van der Waals surface area (Å²) in [5.41, 5.74) is 0.416. The van der Waals surface area contributed by atoms with Gasteiger partial charge in [-0.05, 0) is 13.0 Å². The topological polar surface area (TPSA) is 34.1 Å². The molecule has 0 spiro atoms. The lowest BCUT2D eigenvalue weighted by Gasteiger charge is -1.94. The summed E-state index contributed by atoms with van der Waals surface area (Å²) >= 11 is 0. The molecule has 0 saturated heterocycles. The predicted octanol–water partition coefficient (Wildman–Crippen LogP) is 3.13. The Morgan fingerprint density at radius 3 is 2.24 bits per heavy atom. The van der Waals surface area contributed by atoms with Crippen molar-refractivity contribution in [3.63, 3.8) is 0 Å². The number of hydrogen-bond donors (Lipinski definition) is 0. The summed E-state index contributed by atoms with van der Waals surface area (Å²) in [5, 5.41) is 0. The Balaban J connectivity index is 2.63. The molecule has 1 aromatic carbocycles. The second-order valence-corrected chi connectivity index (χ2v) is 3.33. The van der Waals surface area contributed by atoms with Gasteiger partial charge in [-0.2, -0.15) is 0 Å². The third kappa shape index (κ3) is 4.43. The molecular weight excluding hydrogens is 212 g/mol. The van der Waals surface area contributed by atoms with Gasteiger partial charge in [-0.15, -0.1) is 0 Å². The van der Waals surface area contributed by atoms with Crippen LogP contribution in [0.4, 0.5) is 0 Å². The molecule has 1 aromatic rings. The number of Topliss-reactive ketones (excluding diaryl/α,β-unsaturated/α-hetero) is 1. The maximum absolute atomic E-state index is 11.6. The van der Waals surface area contributed by atoms with Crippen LogP contribution in [0.2, 0.25) is 0 Å². The highest BCUT2D eigenvalue weighted by Gasteiger charge is 2.11. The van der Waals surface area contributed by atoms with Crippen LogP contribution in [-0.4, -0.2) is 11.6 Å². The molecule has 0 aromatic heterocycles. The Kier molecular flexibility index (Phi) is 5.38. The SMILES string of the molecule is C\C=C/C=C\C=C\C(=O)C(=O)c1ccccc1. The van der Waals surface area contributed by atoms with Crippen LogP contribution in [-0.2, 0) is 4.79 Å². The van der Waals surface area contributed by atoms with Crippen molar-refractivity contribution in [3.8, 4) is 0 Å². The molecule has 0 bridgehead atoms. The summed E-state index contributed by atoms with van der Waals surface area (Å²) < 4.78 is 0. The van der Waals surface area contributed by atoms with Crippen molar-refractivity contribution in [1.82, 2.24) is 0 Å². The molecule has 1 rings (SSSR count). The van der Waals surface area contributed by atoms with E-state index >= 15 is 0 Å². The predicted molar refractivity (Wildman–Crippen MR) is 68.9 cm³/mol. The fraction of sp³-hybridized carbons (Fsp3) is 0.0667.